The molecule has 2 heterocycles. The smallest absolute Gasteiger partial charge is 0.173 e. The minimum atomic E-state index is 0.735. The largest absolute Gasteiger partial charge is 0.358 e. The summed E-state index contributed by atoms with van der Waals surface area (Å²) in [4.78, 5) is 9.89. The average molecular weight is 429 g/mol. The van der Waals surface area contributed by atoms with Crippen LogP contribution in [0, 0.1) is 20.8 Å². The number of rotatable bonds is 6. The highest BCUT2D eigenvalue weighted by Gasteiger charge is 2.14. The molecule has 0 bridgehead atoms. The van der Waals surface area contributed by atoms with Crippen molar-refractivity contribution in [1.29, 1.82) is 0 Å². The van der Waals surface area contributed by atoms with Crippen LogP contribution in [0.25, 0.3) is 10.9 Å². The molecule has 0 unspecified atom stereocenters. The van der Waals surface area contributed by atoms with E-state index >= 15 is 0 Å². The maximum absolute atomic E-state index is 5.86. The lowest BCUT2D eigenvalue weighted by Gasteiger charge is -2.26. The summed E-state index contributed by atoms with van der Waals surface area (Å²) in [6.07, 6.45) is 4.57. The summed E-state index contributed by atoms with van der Waals surface area (Å²) >= 11 is 5.86. The van der Waals surface area contributed by atoms with Crippen LogP contribution in [-0.2, 0) is 13.0 Å². The van der Waals surface area contributed by atoms with Crippen LogP contribution in [0.3, 0.4) is 0 Å². The van der Waals surface area contributed by atoms with E-state index in [0.717, 1.165) is 30.3 Å². The molecule has 2 aromatic heterocycles. The van der Waals surface area contributed by atoms with Crippen molar-refractivity contribution in [1.82, 2.24) is 14.9 Å². The minimum absolute atomic E-state index is 0.735. The van der Waals surface area contributed by atoms with Gasteiger partial charge in [0.1, 0.15) is 0 Å². The summed E-state index contributed by atoms with van der Waals surface area (Å²) in [5.41, 5.74) is 8.43. The van der Waals surface area contributed by atoms with Crippen LogP contribution in [0.1, 0.15) is 27.9 Å². The van der Waals surface area contributed by atoms with Gasteiger partial charge in [-0.2, -0.15) is 0 Å². The number of fused-ring (bicyclic) bond motifs is 1. The van der Waals surface area contributed by atoms with Crippen molar-refractivity contribution in [2.75, 3.05) is 11.9 Å². The molecule has 0 aliphatic carbocycles. The molecule has 0 saturated heterocycles. The molecular formula is C26H28N4S. The third-order valence-corrected chi connectivity index (χ3v) is 5.90. The van der Waals surface area contributed by atoms with E-state index in [1.54, 1.807) is 0 Å². The Morgan fingerprint density at radius 1 is 1.00 bits per heavy atom. The van der Waals surface area contributed by atoms with Gasteiger partial charge in [0.2, 0.25) is 0 Å². The number of anilines is 1. The highest BCUT2D eigenvalue weighted by molar-refractivity contribution is 7.80. The monoisotopic (exact) mass is 428 g/mol. The van der Waals surface area contributed by atoms with Crippen molar-refractivity contribution in [2.24, 2.45) is 0 Å². The molecule has 4 rings (SSSR count). The molecule has 0 aliphatic heterocycles. The van der Waals surface area contributed by atoms with Crippen LogP contribution < -0.4 is 5.32 Å². The van der Waals surface area contributed by atoms with Gasteiger partial charge < -0.3 is 15.2 Å². The van der Waals surface area contributed by atoms with E-state index in [2.05, 4.69) is 83.4 Å². The maximum atomic E-state index is 5.86. The second kappa shape index (κ2) is 9.31. The zero-order chi connectivity index (χ0) is 21.8. The highest BCUT2D eigenvalue weighted by atomic mass is 32.1. The van der Waals surface area contributed by atoms with Crippen LogP contribution in [0.4, 0.5) is 5.69 Å². The zero-order valence-electron chi connectivity index (χ0n) is 18.3. The second-order valence-corrected chi connectivity index (χ2v) is 8.49. The van der Waals surface area contributed by atoms with Gasteiger partial charge in [0.15, 0.2) is 5.11 Å². The number of aromatic nitrogens is 2. The van der Waals surface area contributed by atoms with Gasteiger partial charge in [-0.3, -0.25) is 4.98 Å². The number of hydrogen-bond donors (Lipinski definition) is 2. The maximum Gasteiger partial charge on any atom is 0.173 e. The minimum Gasteiger partial charge on any atom is -0.358 e. The van der Waals surface area contributed by atoms with Gasteiger partial charge in [-0.05, 0) is 92.0 Å². The Morgan fingerprint density at radius 2 is 1.71 bits per heavy atom. The Labute approximate surface area is 189 Å². The van der Waals surface area contributed by atoms with Crippen molar-refractivity contribution in [3.05, 3.63) is 94.9 Å². The summed E-state index contributed by atoms with van der Waals surface area (Å²) in [5.74, 6) is 0. The van der Waals surface area contributed by atoms with Gasteiger partial charge >= 0.3 is 0 Å². The normalized spacial score (nSPS) is 10.9. The van der Waals surface area contributed by atoms with Gasteiger partial charge in [0.25, 0.3) is 0 Å². The lowest BCUT2D eigenvalue weighted by atomic mass is 10.1. The van der Waals surface area contributed by atoms with Crippen LogP contribution >= 0.6 is 12.2 Å². The number of aromatic amines is 1. The molecule has 2 aromatic carbocycles. The van der Waals surface area contributed by atoms with E-state index in [4.69, 9.17) is 12.2 Å². The summed E-state index contributed by atoms with van der Waals surface area (Å²) in [5, 5.41) is 5.48. The Kier molecular flexibility index (Phi) is 6.33. The van der Waals surface area contributed by atoms with Gasteiger partial charge in [0, 0.05) is 47.8 Å². The number of benzene rings is 2. The van der Waals surface area contributed by atoms with Gasteiger partial charge in [-0.15, -0.1) is 0 Å². The van der Waals surface area contributed by atoms with Crippen molar-refractivity contribution in [3.8, 4) is 0 Å². The van der Waals surface area contributed by atoms with Crippen molar-refractivity contribution in [3.63, 3.8) is 0 Å². The molecule has 0 fully saturated rings. The molecule has 0 aliphatic rings. The van der Waals surface area contributed by atoms with E-state index in [-0.39, 0.29) is 0 Å². The third-order valence-electron chi connectivity index (χ3n) is 5.54. The first-order chi connectivity index (χ1) is 15.0. The molecule has 158 valence electrons. The number of pyridine rings is 1. The van der Waals surface area contributed by atoms with Crippen LogP contribution in [0.15, 0.2) is 67.0 Å². The molecule has 2 N–H and O–H groups in total. The van der Waals surface area contributed by atoms with Crippen LogP contribution in [0.2, 0.25) is 0 Å². The highest BCUT2D eigenvalue weighted by Crippen LogP contribution is 2.23. The summed E-state index contributed by atoms with van der Waals surface area (Å²) in [6.45, 7) is 7.92. The molecule has 0 amide bonds. The van der Waals surface area contributed by atoms with Crippen molar-refractivity contribution < 1.29 is 0 Å². The Bertz CT molecular complexity index is 1180. The number of para-hydroxylation sites is 1. The molecule has 4 aromatic rings. The fourth-order valence-corrected chi connectivity index (χ4v) is 4.39. The summed E-state index contributed by atoms with van der Waals surface area (Å²) in [7, 11) is 0. The SMILES string of the molecule is Cc1cc(C)cc(NC(=S)N(CCc2c(C)[nH]c3ccccc23)Cc2ccncc2)c1. The number of aryl methyl sites for hydroxylation is 3. The Morgan fingerprint density at radius 3 is 2.45 bits per heavy atom. The van der Waals surface area contributed by atoms with E-state index in [0.29, 0.717) is 0 Å². The molecule has 4 nitrogen and oxygen atoms in total. The first-order valence-corrected chi connectivity index (χ1v) is 11.0. The van der Waals surface area contributed by atoms with E-state index in [1.807, 2.05) is 24.5 Å². The second-order valence-electron chi connectivity index (χ2n) is 8.11. The van der Waals surface area contributed by atoms with E-state index in [9.17, 15) is 0 Å². The van der Waals surface area contributed by atoms with E-state index < -0.39 is 0 Å². The van der Waals surface area contributed by atoms with Crippen LogP contribution in [0.5, 0.6) is 0 Å². The summed E-state index contributed by atoms with van der Waals surface area (Å²) in [6, 6.07) is 19.0. The topological polar surface area (TPSA) is 44.0 Å². The number of thiocarbonyl (C=S) groups is 1. The quantitative estimate of drug-likeness (QED) is 0.374. The van der Waals surface area contributed by atoms with Gasteiger partial charge in [-0.1, -0.05) is 24.3 Å². The Hall–Kier alpha value is -3.18. The van der Waals surface area contributed by atoms with Gasteiger partial charge in [-0.25, -0.2) is 0 Å². The number of H-pyrrole nitrogens is 1. The average Bonchev–Trinajstić information content (AvgIpc) is 3.06. The zero-order valence-corrected chi connectivity index (χ0v) is 19.1. The first kappa shape index (κ1) is 21.1. The number of hydrogen-bond acceptors (Lipinski definition) is 2. The number of nitrogens with one attached hydrogen (secondary N) is 2. The van der Waals surface area contributed by atoms with Gasteiger partial charge in [0.05, 0.1) is 0 Å². The van der Waals surface area contributed by atoms with Crippen molar-refractivity contribution in [2.45, 2.75) is 33.7 Å². The predicted molar refractivity (Wildman–Crippen MR) is 134 cm³/mol. The molecular weight excluding hydrogens is 400 g/mol. The van der Waals surface area contributed by atoms with E-state index in [1.165, 1.54) is 38.9 Å². The van der Waals surface area contributed by atoms with Crippen LogP contribution in [-0.4, -0.2) is 26.5 Å². The lowest BCUT2D eigenvalue weighted by Crippen LogP contribution is -2.36. The molecule has 0 spiro atoms. The molecule has 0 saturated carbocycles. The molecule has 0 atom stereocenters. The predicted octanol–water partition coefficient (Wildman–Crippen LogP) is 5.93. The molecule has 31 heavy (non-hydrogen) atoms. The Balaban J connectivity index is 1.56. The molecule has 0 radical (unpaired) electrons. The summed E-state index contributed by atoms with van der Waals surface area (Å²) < 4.78 is 0. The fourth-order valence-electron chi connectivity index (χ4n) is 4.11. The lowest BCUT2D eigenvalue weighted by molar-refractivity contribution is 0.423. The van der Waals surface area contributed by atoms with Crippen molar-refractivity contribution >= 4 is 33.9 Å². The number of nitrogens with zero attached hydrogens (tertiary/aromatic N) is 2. The molecule has 5 heteroatoms. The third kappa shape index (κ3) is 5.12. The first-order valence-electron chi connectivity index (χ1n) is 10.6. The fraction of sp³-hybridized carbons (Fsp3) is 0.231. The standard InChI is InChI=1S/C26H28N4S/c1-18-14-19(2)16-22(15-18)29-26(31)30(17-21-8-11-27-12-9-21)13-10-23-20(3)28-25-7-5-4-6-24(23)25/h4-9,11-12,14-16,28H,10,13,17H2,1-3H3,(H,29,31).